The second-order valence-corrected chi connectivity index (χ2v) is 9.14. The highest BCUT2D eigenvalue weighted by molar-refractivity contribution is 6.11. The fraction of sp³-hybridized carbons (Fsp3) is 0.138. The third kappa shape index (κ3) is 2.99. The number of aromatic nitrogens is 4. The predicted molar refractivity (Wildman–Crippen MR) is 141 cm³/mol. The Kier molecular flexibility index (Phi) is 4.54. The molecule has 0 radical (unpaired) electrons. The average Bonchev–Trinajstić information content (AvgIpc) is 3.23. The topological polar surface area (TPSA) is 61.3 Å². The van der Waals surface area contributed by atoms with E-state index in [2.05, 4.69) is 4.40 Å². The van der Waals surface area contributed by atoms with Crippen LogP contribution in [0, 0.1) is 13.8 Å². The summed E-state index contributed by atoms with van der Waals surface area (Å²) < 4.78 is 4.85. The Morgan fingerprint density at radius 2 is 1.29 bits per heavy atom. The van der Waals surface area contributed by atoms with E-state index in [1.54, 1.807) is 11.6 Å². The van der Waals surface area contributed by atoms with Gasteiger partial charge in [0.2, 0.25) is 0 Å². The summed E-state index contributed by atoms with van der Waals surface area (Å²) in [6.07, 6.45) is 0. The quantitative estimate of drug-likeness (QED) is 0.366. The number of hydrogen-bond donors (Lipinski definition) is 0. The summed E-state index contributed by atoms with van der Waals surface area (Å²) in [7, 11) is 3.25. The third-order valence-corrected chi connectivity index (χ3v) is 6.80. The van der Waals surface area contributed by atoms with Crippen LogP contribution in [0.3, 0.4) is 0 Å². The van der Waals surface area contributed by atoms with Gasteiger partial charge in [0.25, 0.3) is 5.56 Å². The number of benzene rings is 3. The van der Waals surface area contributed by atoms with Gasteiger partial charge in [-0.1, -0.05) is 71.8 Å². The zero-order chi connectivity index (χ0) is 24.4. The summed E-state index contributed by atoms with van der Waals surface area (Å²) in [5, 5.41) is 0.505. The Morgan fingerprint density at radius 3 is 1.94 bits per heavy atom. The number of nitrogens with zero attached hydrogens (tertiary/aromatic N) is 4. The number of para-hydroxylation sites is 2. The van der Waals surface area contributed by atoms with Crippen molar-refractivity contribution in [2.75, 3.05) is 0 Å². The van der Waals surface area contributed by atoms with Gasteiger partial charge in [0.05, 0.1) is 38.8 Å². The summed E-state index contributed by atoms with van der Waals surface area (Å²) in [6, 6.07) is 24.2. The van der Waals surface area contributed by atoms with Crippen molar-refractivity contribution >= 4 is 27.5 Å². The summed E-state index contributed by atoms with van der Waals surface area (Å²) >= 11 is 0. The number of aryl methyl sites for hydroxylation is 3. The molecule has 0 aliphatic rings. The summed E-state index contributed by atoms with van der Waals surface area (Å²) in [6.45, 7) is 4.08. The maximum atomic E-state index is 13.7. The van der Waals surface area contributed by atoms with Gasteiger partial charge < -0.3 is 4.40 Å². The van der Waals surface area contributed by atoms with Crippen molar-refractivity contribution in [1.82, 2.24) is 18.5 Å². The molecule has 0 saturated carbocycles. The first-order chi connectivity index (χ1) is 16.9. The minimum Gasteiger partial charge on any atom is -0.303 e. The van der Waals surface area contributed by atoms with Crippen LogP contribution in [0.5, 0.6) is 0 Å². The first-order valence-corrected chi connectivity index (χ1v) is 11.5. The molecule has 6 nitrogen and oxygen atoms in total. The van der Waals surface area contributed by atoms with E-state index in [4.69, 9.17) is 4.98 Å². The molecule has 0 saturated heterocycles. The highest BCUT2D eigenvalue weighted by atomic mass is 16.2. The van der Waals surface area contributed by atoms with Gasteiger partial charge in [0.15, 0.2) is 0 Å². The third-order valence-electron chi connectivity index (χ3n) is 6.80. The van der Waals surface area contributed by atoms with E-state index in [1.165, 1.54) is 11.6 Å². The second kappa shape index (κ2) is 7.53. The zero-order valence-corrected chi connectivity index (χ0v) is 20.0. The highest BCUT2D eigenvalue weighted by Crippen LogP contribution is 2.38. The average molecular weight is 461 g/mol. The molecule has 3 aromatic carbocycles. The van der Waals surface area contributed by atoms with Gasteiger partial charge in [-0.15, -0.1) is 0 Å². The van der Waals surface area contributed by atoms with Crippen molar-refractivity contribution in [3.63, 3.8) is 0 Å². The van der Waals surface area contributed by atoms with E-state index in [0.29, 0.717) is 10.9 Å². The Labute approximate surface area is 201 Å². The van der Waals surface area contributed by atoms with E-state index in [9.17, 15) is 9.59 Å². The molecule has 6 aromatic rings. The van der Waals surface area contributed by atoms with Crippen molar-refractivity contribution < 1.29 is 0 Å². The molecule has 0 spiro atoms. The van der Waals surface area contributed by atoms with Gasteiger partial charge in [-0.05, 0) is 31.5 Å². The van der Waals surface area contributed by atoms with Gasteiger partial charge in [0.1, 0.15) is 0 Å². The first kappa shape index (κ1) is 21.1. The molecule has 0 aliphatic heterocycles. The Hall–Kier alpha value is -4.45. The minimum atomic E-state index is -0.367. The smallest absolute Gasteiger partial charge is 0.303 e. The zero-order valence-electron chi connectivity index (χ0n) is 20.0. The van der Waals surface area contributed by atoms with E-state index in [-0.39, 0.29) is 11.2 Å². The maximum Gasteiger partial charge on any atom is 0.331 e. The highest BCUT2D eigenvalue weighted by Gasteiger charge is 2.25. The van der Waals surface area contributed by atoms with Crippen LogP contribution in [0.4, 0.5) is 0 Å². The van der Waals surface area contributed by atoms with Gasteiger partial charge in [0, 0.05) is 19.7 Å². The molecule has 0 fully saturated rings. The number of rotatable bonds is 2. The fourth-order valence-electron chi connectivity index (χ4n) is 4.94. The molecular formula is C29H24N4O2. The normalized spacial score (nSPS) is 11.7. The lowest BCUT2D eigenvalue weighted by atomic mass is 10.1. The number of hydrogen-bond acceptors (Lipinski definition) is 3. The Balaban J connectivity index is 1.98. The van der Waals surface area contributed by atoms with Crippen LogP contribution in [0.15, 0.2) is 82.4 Å². The van der Waals surface area contributed by atoms with Gasteiger partial charge in [-0.25, -0.2) is 9.78 Å². The lowest BCUT2D eigenvalue weighted by molar-refractivity contribution is 0.716. The molecule has 172 valence electrons. The molecule has 35 heavy (non-hydrogen) atoms. The van der Waals surface area contributed by atoms with Crippen LogP contribution in [-0.4, -0.2) is 18.5 Å². The standard InChI is InChI=1S/C29H24N4O2/c1-17-9-13-19(14-10-17)24-27-26-23(28(34)32(4)29(35)31(26)3)25(20-15-11-18(2)12-16-20)33(27)22-8-6-5-7-21(22)30-24/h5-16H,1-4H3. The molecular weight excluding hydrogens is 436 g/mol. The summed E-state index contributed by atoms with van der Waals surface area (Å²) in [5.74, 6) is 0. The van der Waals surface area contributed by atoms with Crippen LogP contribution < -0.4 is 11.2 Å². The molecule has 0 N–H and O–H groups in total. The Bertz CT molecular complexity index is 1900. The van der Waals surface area contributed by atoms with E-state index in [1.807, 2.05) is 86.6 Å². The van der Waals surface area contributed by atoms with Crippen LogP contribution in [0.1, 0.15) is 11.1 Å². The molecule has 0 bridgehead atoms. The van der Waals surface area contributed by atoms with Crippen molar-refractivity contribution in [3.05, 3.63) is 105 Å². The summed E-state index contributed by atoms with van der Waals surface area (Å²) in [5.41, 5.74) is 7.93. The van der Waals surface area contributed by atoms with Gasteiger partial charge >= 0.3 is 5.69 Å². The predicted octanol–water partition coefficient (Wildman–Crippen LogP) is 4.99. The minimum absolute atomic E-state index is 0.318. The van der Waals surface area contributed by atoms with E-state index < -0.39 is 0 Å². The molecule has 0 aliphatic carbocycles. The largest absolute Gasteiger partial charge is 0.331 e. The fourth-order valence-corrected chi connectivity index (χ4v) is 4.94. The van der Waals surface area contributed by atoms with Crippen molar-refractivity contribution in [1.29, 1.82) is 0 Å². The van der Waals surface area contributed by atoms with Crippen LogP contribution >= 0.6 is 0 Å². The maximum absolute atomic E-state index is 13.7. The lowest BCUT2D eigenvalue weighted by Gasteiger charge is -2.12. The van der Waals surface area contributed by atoms with E-state index in [0.717, 1.165) is 50.2 Å². The van der Waals surface area contributed by atoms with Gasteiger partial charge in [-0.2, -0.15) is 0 Å². The molecule has 0 unspecified atom stereocenters. The van der Waals surface area contributed by atoms with Crippen LogP contribution in [0.2, 0.25) is 0 Å². The van der Waals surface area contributed by atoms with Gasteiger partial charge in [-0.3, -0.25) is 13.9 Å². The van der Waals surface area contributed by atoms with Crippen LogP contribution in [0.25, 0.3) is 50.0 Å². The number of fused-ring (bicyclic) bond motifs is 5. The molecule has 0 atom stereocenters. The summed E-state index contributed by atoms with van der Waals surface area (Å²) in [4.78, 5) is 31.8. The molecule has 6 rings (SSSR count). The van der Waals surface area contributed by atoms with E-state index >= 15 is 0 Å². The first-order valence-electron chi connectivity index (χ1n) is 11.5. The van der Waals surface area contributed by atoms with Crippen molar-refractivity contribution in [3.8, 4) is 22.5 Å². The lowest BCUT2D eigenvalue weighted by Crippen LogP contribution is -2.36. The molecule has 6 heteroatoms. The molecule has 3 aromatic heterocycles. The van der Waals surface area contributed by atoms with Crippen LogP contribution in [-0.2, 0) is 14.1 Å². The SMILES string of the molecule is Cc1ccc(-c2nc3ccccc3n3c(-c4ccc(C)cc4)c4c(=O)n(C)c(=O)n(C)c4c23)cc1. The van der Waals surface area contributed by atoms with Crippen molar-refractivity contribution in [2.24, 2.45) is 14.1 Å². The second-order valence-electron chi connectivity index (χ2n) is 9.14. The Morgan fingerprint density at radius 1 is 0.686 bits per heavy atom. The van der Waals surface area contributed by atoms with Crippen molar-refractivity contribution in [2.45, 2.75) is 13.8 Å². The monoisotopic (exact) mass is 460 g/mol. The molecule has 3 heterocycles. The molecule has 0 amide bonds.